The summed E-state index contributed by atoms with van der Waals surface area (Å²) in [5, 5.41) is 12.1. The van der Waals surface area contributed by atoms with E-state index in [2.05, 4.69) is 6.92 Å². The Labute approximate surface area is 128 Å². The molecule has 22 heavy (non-hydrogen) atoms. The number of fused-ring (bicyclic) bond motifs is 3. The van der Waals surface area contributed by atoms with E-state index in [-0.39, 0.29) is 16.5 Å². The van der Waals surface area contributed by atoms with Gasteiger partial charge < -0.3 is 9.47 Å². The third-order valence-electron chi connectivity index (χ3n) is 4.40. The molecule has 3 rings (SSSR count). The van der Waals surface area contributed by atoms with Crippen LogP contribution in [-0.4, -0.2) is 33.4 Å². The molecule has 0 radical (unpaired) electrons. The second kappa shape index (κ2) is 5.44. The average molecular weight is 301 g/mol. The van der Waals surface area contributed by atoms with Gasteiger partial charge in [0.1, 0.15) is 11.2 Å². The highest BCUT2D eigenvalue weighted by Crippen LogP contribution is 2.34. The topological polar surface area (TPSA) is 68.4 Å². The fourth-order valence-corrected chi connectivity index (χ4v) is 3.30. The van der Waals surface area contributed by atoms with Crippen molar-refractivity contribution in [2.24, 2.45) is 7.05 Å². The third kappa shape index (κ3) is 2.06. The van der Waals surface area contributed by atoms with Crippen molar-refractivity contribution >= 4 is 22.5 Å². The van der Waals surface area contributed by atoms with Crippen LogP contribution in [0.25, 0.3) is 10.9 Å². The first-order valence-electron chi connectivity index (χ1n) is 7.60. The molecule has 1 aliphatic heterocycles. The van der Waals surface area contributed by atoms with Gasteiger partial charge in [-0.1, -0.05) is 25.5 Å². The quantitative estimate of drug-likeness (QED) is 0.644. The van der Waals surface area contributed by atoms with Gasteiger partial charge >= 0.3 is 0 Å². The smallest absolute Gasteiger partial charge is 0.293 e. The lowest BCUT2D eigenvalue weighted by atomic mass is 10.0. The molecule has 0 bridgehead atoms. The second-order valence-electron chi connectivity index (χ2n) is 5.71. The highest BCUT2D eigenvalue weighted by molar-refractivity contribution is 6.04. The van der Waals surface area contributed by atoms with Crippen LogP contribution in [0.5, 0.6) is 0 Å². The van der Waals surface area contributed by atoms with Crippen molar-refractivity contribution in [1.29, 1.82) is 0 Å². The Morgan fingerprint density at radius 2 is 2.14 bits per heavy atom. The molecule has 1 amide bonds. The van der Waals surface area contributed by atoms with Crippen LogP contribution in [0.2, 0.25) is 0 Å². The van der Waals surface area contributed by atoms with Crippen LogP contribution in [0, 0.1) is 10.1 Å². The highest BCUT2D eigenvalue weighted by atomic mass is 16.6. The number of carbonyl (C=O) groups excluding carboxylic acids is 1. The lowest BCUT2D eigenvalue weighted by Crippen LogP contribution is -2.39. The Hall–Kier alpha value is -2.37. The highest BCUT2D eigenvalue weighted by Gasteiger charge is 2.31. The van der Waals surface area contributed by atoms with E-state index in [9.17, 15) is 14.9 Å². The fraction of sp³-hybridized carbons (Fsp3) is 0.438. The summed E-state index contributed by atoms with van der Waals surface area (Å²) in [4.78, 5) is 25.5. The van der Waals surface area contributed by atoms with Gasteiger partial charge in [0.25, 0.3) is 11.6 Å². The summed E-state index contributed by atoms with van der Waals surface area (Å²) in [5.74, 6) is -0.0114. The molecule has 1 aromatic heterocycles. The Morgan fingerprint density at radius 1 is 1.36 bits per heavy atom. The molecule has 0 unspecified atom stereocenters. The predicted molar refractivity (Wildman–Crippen MR) is 84.1 cm³/mol. The predicted octanol–water partition coefficient (Wildman–Crippen LogP) is 2.88. The van der Waals surface area contributed by atoms with E-state index < -0.39 is 0 Å². The molecule has 6 nitrogen and oxygen atoms in total. The first-order chi connectivity index (χ1) is 10.6. The van der Waals surface area contributed by atoms with Gasteiger partial charge in [-0.2, -0.15) is 0 Å². The zero-order valence-electron chi connectivity index (χ0n) is 12.8. The average Bonchev–Trinajstić information content (AvgIpc) is 2.80. The maximum atomic E-state index is 12.7. The maximum absolute atomic E-state index is 12.7. The Bertz CT molecular complexity index is 764. The summed E-state index contributed by atoms with van der Waals surface area (Å²) in [6, 6.07) is 5.05. The fourth-order valence-electron chi connectivity index (χ4n) is 3.30. The summed E-state index contributed by atoms with van der Waals surface area (Å²) >= 11 is 0. The molecule has 0 aliphatic carbocycles. The van der Waals surface area contributed by atoms with Gasteiger partial charge in [0.2, 0.25) is 0 Å². The molecule has 0 saturated heterocycles. The molecule has 6 heteroatoms. The minimum Gasteiger partial charge on any atom is -0.337 e. The minimum atomic E-state index is -0.382. The number of para-hydroxylation sites is 1. The normalized spacial score (nSPS) is 14.5. The van der Waals surface area contributed by atoms with E-state index in [0.29, 0.717) is 17.8 Å². The van der Waals surface area contributed by atoms with Crippen LogP contribution in [0.4, 0.5) is 5.69 Å². The largest absolute Gasteiger partial charge is 0.337 e. The molecular weight excluding hydrogens is 282 g/mol. The lowest BCUT2D eigenvalue weighted by Gasteiger charge is -2.27. The third-order valence-corrected chi connectivity index (χ3v) is 4.40. The SMILES string of the molecule is CCCCN1CCc2c(n(C)c3c([N+](=O)[O-])cccc23)C1=O. The first kappa shape index (κ1) is 14.6. The molecular formula is C16H19N3O3. The monoisotopic (exact) mass is 301 g/mol. The lowest BCUT2D eigenvalue weighted by molar-refractivity contribution is -0.383. The van der Waals surface area contributed by atoms with Gasteiger partial charge in [0.15, 0.2) is 0 Å². The van der Waals surface area contributed by atoms with E-state index >= 15 is 0 Å². The molecule has 0 N–H and O–H groups in total. The number of hydrogen-bond acceptors (Lipinski definition) is 3. The molecule has 1 aliphatic rings. The molecule has 1 aromatic carbocycles. The number of nitro groups is 1. The van der Waals surface area contributed by atoms with Gasteiger partial charge in [-0.05, 0) is 18.4 Å². The van der Waals surface area contributed by atoms with Crippen LogP contribution in [0.15, 0.2) is 18.2 Å². The van der Waals surface area contributed by atoms with E-state index in [0.717, 1.165) is 36.8 Å². The van der Waals surface area contributed by atoms with Crippen LogP contribution >= 0.6 is 0 Å². The Balaban J connectivity index is 2.16. The number of amides is 1. The number of unbranched alkanes of at least 4 members (excludes halogenated alkanes) is 1. The number of aryl methyl sites for hydroxylation is 1. The first-order valence-corrected chi connectivity index (χ1v) is 7.60. The molecule has 0 spiro atoms. The summed E-state index contributed by atoms with van der Waals surface area (Å²) in [5.41, 5.74) is 2.15. The van der Waals surface area contributed by atoms with Crippen LogP contribution in [0.1, 0.15) is 35.8 Å². The van der Waals surface area contributed by atoms with Crippen molar-refractivity contribution in [1.82, 2.24) is 9.47 Å². The Morgan fingerprint density at radius 3 is 2.82 bits per heavy atom. The molecule has 2 heterocycles. The zero-order chi connectivity index (χ0) is 15.9. The number of nitrogens with zero attached hydrogens (tertiary/aromatic N) is 3. The standard InChI is InChI=1S/C16H19N3O3/c1-3-4-9-18-10-8-12-11-6-5-7-13(19(21)22)14(11)17(2)15(12)16(18)20/h5-7H,3-4,8-10H2,1-2H3. The molecule has 2 aromatic rings. The van der Waals surface area contributed by atoms with Crippen molar-refractivity contribution < 1.29 is 9.72 Å². The summed E-state index contributed by atoms with van der Waals surface area (Å²) in [7, 11) is 1.75. The van der Waals surface area contributed by atoms with Crippen LogP contribution in [0.3, 0.4) is 0 Å². The van der Waals surface area contributed by atoms with Crippen molar-refractivity contribution in [3.05, 3.63) is 39.6 Å². The van der Waals surface area contributed by atoms with Gasteiger partial charge in [0, 0.05) is 31.6 Å². The van der Waals surface area contributed by atoms with Crippen LogP contribution < -0.4 is 0 Å². The number of rotatable bonds is 4. The number of nitro benzene ring substituents is 1. The van der Waals surface area contributed by atoms with Crippen molar-refractivity contribution in [2.75, 3.05) is 13.1 Å². The van der Waals surface area contributed by atoms with Crippen molar-refractivity contribution in [3.8, 4) is 0 Å². The van der Waals surface area contributed by atoms with Crippen molar-refractivity contribution in [2.45, 2.75) is 26.2 Å². The maximum Gasteiger partial charge on any atom is 0.293 e. The number of hydrogen-bond donors (Lipinski definition) is 0. The molecule has 0 fully saturated rings. The van der Waals surface area contributed by atoms with Crippen LogP contribution in [-0.2, 0) is 13.5 Å². The van der Waals surface area contributed by atoms with Gasteiger partial charge in [0.05, 0.1) is 4.92 Å². The van der Waals surface area contributed by atoms with Gasteiger partial charge in [-0.15, -0.1) is 0 Å². The van der Waals surface area contributed by atoms with E-state index in [4.69, 9.17) is 0 Å². The van der Waals surface area contributed by atoms with Gasteiger partial charge in [-0.25, -0.2) is 0 Å². The van der Waals surface area contributed by atoms with E-state index in [1.807, 2.05) is 11.0 Å². The summed E-state index contributed by atoms with van der Waals surface area (Å²) in [6.07, 6.45) is 2.77. The molecule has 0 saturated carbocycles. The number of benzene rings is 1. The molecule has 0 atom stereocenters. The summed E-state index contributed by atoms with van der Waals surface area (Å²) in [6.45, 7) is 3.53. The number of aromatic nitrogens is 1. The summed E-state index contributed by atoms with van der Waals surface area (Å²) < 4.78 is 1.70. The Kier molecular flexibility index (Phi) is 3.60. The van der Waals surface area contributed by atoms with E-state index in [1.165, 1.54) is 6.07 Å². The number of non-ortho nitro benzene ring substituents is 1. The molecule has 116 valence electrons. The second-order valence-corrected chi connectivity index (χ2v) is 5.71. The van der Waals surface area contributed by atoms with Crippen molar-refractivity contribution in [3.63, 3.8) is 0 Å². The van der Waals surface area contributed by atoms with Gasteiger partial charge in [-0.3, -0.25) is 14.9 Å². The number of carbonyl (C=O) groups is 1. The minimum absolute atomic E-state index is 0.0114. The zero-order valence-corrected chi connectivity index (χ0v) is 12.8. The van der Waals surface area contributed by atoms with E-state index in [1.54, 1.807) is 17.7 Å².